The van der Waals surface area contributed by atoms with Gasteiger partial charge in [-0.3, -0.25) is 5.01 Å². The average molecular weight is 380 g/mol. The van der Waals surface area contributed by atoms with Crippen molar-refractivity contribution in [3.63, 3.8) is 0 Å². The molecule has 1 unspecified atom stereocenters. The summed E-state index contributed by atoms with van der Waals surface area (Å²) in [5, 5.41) is 24.0. The highest BCUT2D eigenvalue weighted by atomic mass is 32.2. The standard InChI is InChI=1S/C18H12N4O2S2/c23-17(24)13-8-6-12(7-9-13)16-21-14(10-25-16)26-18-20-19-15(22(18)21)11-4-2-1-3-5-11/h1-10,16H,(H,23,24). The molecule has 0 spiro atoms. The summed E-state index contributed by atoms with van der Waals surface area (Å²) in [5.74, 6) is -0.121. The van der Waals surface area contributed by atoms with Crippen LogP contribution in [0.15, 0.2) is 70.2 Å². The van der Waals surface area contributed by atoms with E-state index in [9.17, 15) is 4.79 Å². The lowest BCUT2D eigenvalue weighted by atomic mass is 10.1. The first kappa shape index (κ1) is 15.5. The molecule has 0 bridgehead atoms. The van der Waals surface area contributed by atoms with Gasteiger partial charge >= 0.3 is 5.97 Å². The number of rotatable bonds is 3. The molecule has 8 heteroatoms. The molecule has 1 atom stereocenters. The van der Waals surface area contributed by atoms with Crippen LogP contribution in [0.2, 0.25) is 0 Å². The minimum atomic E-state index is -0.918. The molecule has 0 fully saturated rings. The molecule has 1 N–H and O–H groups in total. The van der Waals surface area contributed by atoms with E-state index in [1.165, 1.54) is 0 Å². The molecule has 128 valence electrons. The van der Waals surface area contributed by atoms with Crippen LogP contribution in [-0.4, -0.2) is 25.9 Å². The monoisotopic (exact) mass is 380 g/mol. The number of benzene rings is 2. The lowest BCUT2D eigenvalue weighted by Crippen LogP contribution is -2.29. The number of carbonyl (C=O) groups is 1. The van der Waals surface area contributed by atoms with Gasteiger partial charge in [0.15, 0.2) is 5.82 Å². The maximum Gasteiger partial charge on any atom is 0.335 e. The normalized spacial score (nSPS) is 17.8. The number of thioether (sulfide) groups is 2. The van der Waals surface area contributed by atoms with E-state index in [1.54, 1.807) is 35.7 Å². The first-order valence-corrected chi connectivity index (χ1v) is 9.65. The molecule has 0 saturated carbocycles. The first-order valence-electron chi connectivity index (χ1n) is 7.89. The smallest absolute Gasteiger partial charge is 0.335 e. The summed E-state index contributed by atoms with van der Waals surface area (Å²) in [6.45, 7) is 0. The Bertz CT molecular complexity index is 1030. The largest absolute Gasteiger partial charge is 0.478 e. The molecule has 3 heterocycles. The zero-order chi connectivity index (χ0) is 17.7. The Labute approximate surface area is 157 Å². The summed E-state index contributed by atoms with van der Waals surface area (Å²) in [7, 11) is 0. The van der Waals surface area contributed by atoms with Crippen LogP contribution in [0.3, 0.4) is 0 Å². The number of aromatic nitrogens is 3. The Balaban J connectivity index is 1.56. The van der Waals surface area contributed by atoms with Crippen LogP contribution < -0.4 is 5.01 Å². The summed E-state index contributed by atoms with van der Waals surface area (Å²) >= 11 is 3.28. The third kappa shape index (κ3) is 2.33. The fourth-order valence-electron chi connectivity index (χ4n) is 3.02. The molecule has 0 amide bonds. The van der Waals surface area contributed by atoms with Gasteiger partial charge in [-0.15, -0.1) is 10.2 Å². The van der Waals surface area contributed by atoms with Crippen molar-refractivity contribution in [1.29, 1.82) is 0 Å². The molecule has 0 radical (unpaired) electrons. The van der Waals surface area contributed by atoms with Crippen molar-refractivity contribution in [2.24, 2.45) is 0 Å². The number of hydrogen-bond acceptors (Lipinski definition) is 6. The molecule has 1 aromatic heterocycles. The van der Waals surface area contributed by atoms with Gasteiger partial charge in [0.1, 0.15) is 10.4 Å². The predicted molar refractivity (Wildman–Crippen MR) is 101 cm³/mol. The van der Waals surface area contributed by atoms with Crippen molar-refractivity contribution in [2.45, 2.75) is 10.5 Å². The Morgan fingerprint density at radius 3 is 2.54 bits per heavy atom. The number of fused-ring (bicyclic) bond motifs is 3. The van der Waals surface area contributed by atoms with Gasteiger partial charge in [0.25, 0.3) is 0 Å². The second kappa shape index (κ2) is 5.93. The van der Waals surface area contributed by atoms with Crippen LogP contribution in [0.5, 0.6) is 0 Å². The van der Waals surface area contributed by atoms with Crippen LogP contribution in [0, 0.1) is 0 Å². The van der Waals surface area contributed by atoms with Crippen LogP contribution >= 0.6 is 23.5 Å². The zero-order valence-electron chi connectivity index (χ0n) is 13.3. The highest BCUT2D eigenvalue weighted by molar-refractivity contribution is 8.07. The maximum absolute atomic E-state index is 11.1. The van der Waals surface area contributed by atoms with Crippen LogP contribution in [0.1, 0.15) is 21.3 Å². The fraction of sp³-hybridized carbons (Fsp3) is 0.0556. The first-order chi connectivity index (χ1) is 12.7. The van der Waals surface area contributed by atoms with E-state index in [4.69, 9.17) is 5.11 Å². The van der Waals surface area contributed by atoms with Crippen molar-refractivity contribution < 1.29 is 9.90 Å². The minimum absolute atomic E-state index is 0.0139. The maximum atomic E-state index is 11.1. The Morgan fingerprint density at radius 1 is 1.04 bits per heavy atom. The van der Waals surface area contributed by atoms with Gasteiger partial charge in [0.2, 0.25) is 5.16 Å². The van der Waals surface area contributed by atoms with E-state index in [0.717, 1.165) is 27.1 Å². The number of carboxylic acid groups (broad SMARTS) is 1. The van der Waals surface area contributed by atoms with E-state index < -0.39 is 5.97 Å². The SMILES string of the molecule is O=C(O)c1ccc(C2SC=C3Sc4nnc(-c5ccccc5)n4N32)cc1. The molecule has 2 aliphatic rings. The fourth-order valence-corrected chi connectivity index (χ4v) is 5.25. The average Bonchev–Trinajstić information content (AvgIpc) is 3.33. The Morgan fingerprint density at radius 2 is 1.81 bits per heavy atom. The van der Waals surface area contributed by atoms with Crippen LogP contribution in [0.4, 0.5) is 0 Å². The summed E-state index contributed by atoms with van der Waals surface area (Å²) < 4.78 is 2.04. The van der Waals surface area contributed by atoms with E-state index in [1.807, 2.05) is 47.1 Å². The summed E-state index contributed by atoms with van der Waals surface area (Å²) in [4.78, 5) is 11.1. The quantitative estimate of drug-likeness (QED) is 0.738. The van der Waals surface area contributed by atoms with Gasteiger partial charge < -0.3 is 5.11 Å². The number of hydrogen-bond donors (Lipinski definition) is 1. The van der Waals surface area contributed by atoms with Gasteiger partial charge in [-0.25, -0.2) is 9.47 Å². The zero-order valence-corrected chi connectivity index (χ0v) is 14.9. The van der Waals surface area contributed by atoms with E-state index >= 15 is 0 Å². The number of aromatic carboxylic acids is 1. The topological polar surface area (TPSA) is 71.2 Å². The lowest BCUT2D eigenvalue weighted by molar-refractivity contribution is 0.0697. The molecular formula is C18H12N4O2S2. The lowest BCUT2D eigenvalue weighted by Gasteiger charge is -2.26. The molecule has 6 nitrogen and oxygen atoms in total. The second-order valence-corrected chi connectivity index (χ2v) is 7.74. The Hall–Kier alpha value is -2.71. The van der Waals surface area contributed by atoms with Crippen molar-refractivity contribution >= 4 is 29.5 Å². The Kier molecular flexibility index (Phi) is 3.54. The second-order valence-electron chi connectivity index (χ2n) is 5.80. The third-order valence-electron chi connectivity index (χ3n) is 4.24. The van der Waals surface area contributed by atoms with Crippen LogP contribution in [0.25, 0.3) is 11.4 Å². The predicted octanol–water partition coefficient (Wildman–Crippen LogP) is 3.93. The van der Waals surface area contributed by atoms with Crippen molar-refractivity contribution in [1.82, 2.24) is 14.9 Å². The molecule has 3 aromatic rings. The molecule has 0 aliphatic carbocycles. The highest BCUT2D eigenvalue weighted by Crippen LogP contribution is 2.51. The van der Waals surface area contributed by atoms with E-state index in [0.29, 0.717) is 0 Å². The molecule has 2 aromatic carbocycles. The summed E-state index contributed by atoms with van der Waals surface area (Å²) in [6.07, 6.45) is 0. The minimum Gasteiger partial charge on any atom is -0.478 e. The van der Waals surface area contributed by atoms with E-state index in [2.05, 4.69) is 20.6 Å². The van der Waals surface area contributed by atoms with E-state index in [-0.39, 0.29) is 10.9 Å². The summed E-state index contributed by atoms with van der Waals surface area (Å²) in [5.41, 5.74) is 2.33. The highest BCUT2D eigenvalue weighted by Gasteiger charge is 2.39. The van der Waals surface area contributed by atoms with Crippen LogP contribution in [-0.2, 0) is 0 Å². The molecule has 5 rings (SSSR count). The van der Waals surface area contributed by atoms with Gasteiger partial charge in [-0.2, -0.15) is 0 Å². The summed E-state index contributed by atoms with van der Waals surface area (Å²) in [6, 6.07) is 17.0. The van der Waals surface area contributed by atoms with Crippen molar-refractivity contribution in [3.8, 4) is 11.4 Å². The molecule has 2 aliphatic heterocycles. The molecule has 0 saturated heterocycles. The molecular weight excluding hydrogens is 368 g/mol. The number of carboxylic acids is 1. The van der Waals surface area contributed by atoms with Gasteiger partial charge in [-0.05, 0) is 29.5 Å². The van der Waals surface area contributed by atoms with Gasteiger partial charge in [-0.1, -0.05) is 54.2 Å². The van der Waals surface area contributed by atoms with Gasteiger partial charge in [0.05, 0.1) is 5.56 Å². The number of nitrogens with zero attached hydrogens (tertiary/aromatic N) is 4. The third-order valence-corrected chi connectivity index (χ3v) is 6.43. The molecule has 26 heavy (non-hydrogen) atoms. The van der Waals surface area contributed by atoms with Gasteiger partial charge in [0, 0.05) is 11.0 Å². The van der Waals surface area contributed by atoms with Crippen molar-refractivity contribution in [2.75, 3.05) is 5.01 Å². The van der Waals surface area contributed by atoms with Crippen molar-refractivity contribution in [3.05, 3.63) is 76.2 Å².